The Hall–Kier alpha value is -3.67. The first-order chi connectivity index (χ1) is 23.8. The monoisotopic (exact) mass is 698 g/mol. The quantitative estimate of drug-likeness (QED) is 0.276. The molecule has 3 amide bonds. The number of amides is 3. The molecule has 0 radical (unpaired) electrons. The van der Waals surface area contributed by atoms with Crippen molar-refractivity contribution in [1.82, 2.24) is 14.8 Å². The number of carbonyl (C=O) groups is 4. The van der Waals surface area contributed by atoms with Crippen molar-refractivity contribution in [1.29, 1.82) is 0 Å². The van der Waals surface area contributed by atoms with Crippen molar-refractivity contribution in [2.75, 3.05) is 32.3 Å². The second-order valence-corrected chi connectivity index (χ2v) is 15.3. The highest BCUT2D eigenvalue weighted by molar-refractivity contribution is 6.01. The van der Waals surface area contributed by atoms with E-state index in [0.717, 1.165) is 43.0 Å². The van der Waals surface area contributed by atoms with E-state index in [1.807, 2.05) is 18.2 Å². The number of hydrogen-bond donors (Lipinski definition) is 2. The zero-order chi connectivity index (χ0) is 36.2. The van der Waals surface area contributed by atoms with E-state index < -0.39 is 36.4 Å². The van der Waals surface area contributed by atoms with Gasteiger partial charge in [0.2, 0.25) is 11.8 Å². The van der Waals surface area contributed by atoms with Crippen molar-refractivity contribution < 1.29 is 37.8 Å². The molecule has 2 aromatic rings. The van der Waals surface area contributed by atoms with Crippen LogP contribution >= 0.6 is 0 Å². The number of anilines is 1. The molecule has 1 saturated heterocycles. The number of fused-ring (bicyclic) bond motifs is 1. The second-order valence-electron chi connectivity index (χ2n) is 15.3. The van der Waals surface area contributed by atoms with E-state index in [2.05, 4.69) is 10.6 Å². The number of halogens is 1. The SMILES string of the molecule is CCOC(=O)c1cc2cc(NC(=O)[C@@H]3[C@H](C4CCC(OC)CC4)CCN3C(=O)[C@H]3CC[C@H](C(CF)NC(=O)OC(C)(C)C)CC3)ccc2n1C. The van der Waals surface area contributed by atoms with Gasteiger partial charge in [-0.1, -0.05) is 0 Å². The molecule has 1 unspecified atom stereocenters. The summed E-state index contributed by atoms with van der Waals surface area (Å²) < 4.78 is 32.0. The molecular formula is C38H55FN4O7. The first kappa shape index (κ1) is 37.6. The summed E-state index contributed by atoms with van der Waals surface area (Å²) in [6.07, 6.45) is 6.44. The average Bonchev–Trinajstić information content (AvgIpc) is 3.68. The molecule has 1 aromatic heterocycles. The van der Waals surface area contributed by atoms with Gasteiger partial charge < -0.3 is 34.3 Å². The van der Waals surface area contributed by atoms with Crippen LogP contribution in [-0.4, -0.2) is 84.1 Å². The van der Waals surface area contributed by atoms with Gasteiger partial charge in [0.25, 0.3) is 0 Å². The maximum atomic E-state index is 14.3. The van der Waals surface area contributed by atoms with Gasteiger partial charge in [-0.15, -0.1) is 0 Å². The van der Waals surface area contributed by atoms with Gasteiger partial charge in [-0.3, -0.25) is 9.59 Å². The number of aromatic nitrogens is 1. The lowest BCUT2D eigenvalue weighted by Crippen LogP contribution is -2.50. The summed E-state index contributed by atoms with van der Waals surface area (Å²) in [6, 6.07) is 6.02. The largest absolute Gasteiger partial charge is 0.461 e. The fourth-order valence-electron chi connectivity index (χ4n) is 8.43. The van der Waals surface area contributed by atoms with Gasteiger partial charge >= 0.3 is 12.1 Å². The third kappa shape index (κ3) is 8.61. The number of aryl methyl sites for hydroxylation is 1. The molecule has 2 heterocycles. The summed E-state index contributed by atoms with van der Waals surface area (Å²) >= 11 is 0. The number of alkyl carbamates (subject to hydrolysis) is 1. The normalized spacial score (nSPS) is 26.3. The maximum Gasteiger partial charge on any atom is 0.407 e. The van der Waals surface area contributed by atoms with Crippen LogP contribution in [0.5, 0.6) is 0 Å². The number of esters is 1. The summed E-state index contributed by atoms with van der Waals surface area (Å²) in [5.74, 6) is -0.675. The van der Waals surface area contributed by atoms with E-state index in [-0.39, 0.29) is 42.3 Å². The van der Waals surface area contributed by atoms with E-state index in [9.17, 15) is 23.6 Å². The number of nitrogens with one attached hydrogen (secondary N) is 2. The Morgan fingerprint density at radius 1 is 0.980 bits per heavy atom. The van der Waals surface area contributed by atoms with Crippen molar-refractivity contribution in [2.45, 2.75) is 109 Å². The molecule has 3 fully saturated rings. The highest BCUT2D eigenvalue weighted by Gasteiger charge is 2.47. The Balaban J connectivity index is 1.30. The summed E-state index contributed by atoms with van der Waals surface area (Å²) in [6.45, 7) is 7.14. The van der Waals surface area contributed by atoms with Gasteiger partial charge in [0.1, 0.15) is 24.0 Å². The number of hydrogen-bond acceptors (Lipinski definition) is 7. The molecule has 3 atom stereocenters. The number of rotatable bonds is 10. The molecular weight excluding hydrogens is 643 g/mol. The van der Waals surface area contributed by atoms with Crippen molar-refractivity contribution in [3.05, 3.63) is 30.0 Å². The van der Waals surface area contributed by atoms with Gasteiger partial charge in [-0.05, 0) is 128 Å². The summed E-state index contributed by atoms with van der Waals surface area (Å²) in [7, 11) is 3.55. The number of ether oxygens (including phenoxy) is 3. The van der Waals surface area contributed by atoms with Crippen LogP contribution in [0.3, 0.4) is 0 Å². The van der Waals surface area contributed by atoms with Crippen molar-refractivity contribution in [3.8, 4) is 0 Å². The molecule has 5 rings (SSSR count). The Morgan fingerprint density at radius 3 is 2.30 bits per heavy atom. The van der Waals surface area contributed by atoms with E-state index >= 15 is 0 Å². The molecule has 12 heteroatoms. The topological polar surface area (TPSA) is 128 Å². The first-order valence-electron chi connectivity index (χ1n) is 18.3. The number of carbonyl (C=O) groups excluding carboxylic acids is 4. The zero-order valence-electron chi connectivity index (χ0n) is 30.5. The molecule has 0 spiro atoms. The Kier molecular flexibility index (Phi) is 12.1. The van der Waals surface area contributed by atoms with Crippen molar-refractivity contribution in [2.24, 2.45) is 30.7 Å². The summed E-state index contributed by atoms with van der Waals surface area (Å²) in [5, 5.41) is 6.62. The molecule has 0 bridgehead atoms. The molecule has 11 nitrogen and oxygen atoms in total. The van der Waals surface area contributed by atoms with E-state index in [0.29, 0.717) is 49.5 Å². The number of methoxy groups -OCH3 is 1. The zero-order valence-corrected chi connectivity index (χ0v) is 30.5. The molecule has 276 valence electrons. The van der Waals surface area contributed by atoms with E-state index in [1.54, 1.807) is 57.4 Å². The second kappa shape index (κ2) is 16.1. The van der Waals surface area contributed by atoms with Crippen LogP contribution in [-0.2, 0) is 30.8 Å². The van der Waals surface area contributed by atoms with Gasteiger partial charge in [0.15, 0.2) is 0 Å². The van der Waals surface area contributed by atoms with Crippen LogP contribution in [0.4, 0.5) is 14.9 Å². The number of likely N-dealkylation sites (tertiary alicyclic amines) is 1. The van der Waals surface area contributed by atoms with Crippen molar-refractivity contribution in [3.63, 3.8) is 0 Å². The minimum absolute atomic E-state index is 0.0221. The van der Waals surface area contributed by atoms with Gasteiger partial charge in [-0.2, -0.15) is 0 Å². The summed E-state index contributed by atoms with van der Waals surface area (Å²) in [5.41, 5.74) is 1.18. The van der Waals surface area contributed by atoms with Crippen LogP contribution in [0, 0.1) is 23.7 Å². The molecule has 1 aromatic carbocycles. The highest BCUT2D eigenvalue weighted by atomic mass is 19.1. The number of alkyl halides is 1. The fraction of sp³-hybridized carbons (Fsp3) is 0.684. The molecule has 3 aliphatic rings. The maximum absolute atomic E-state index is 14.3. The molecule has 2 aliphatic carbocycles. The standard InChI is InChI=1S/C38H55FN4O7/c1-7-49-36(46)32-21-26-20-27(14-17-31(26)42(32)5)40-34(44)33-29(23-12-15-28(48-6)16-13-23)18-19-43(33)35(45)25-10-8-24(9-11-25)30(22-39)41-37(47)50-38(2,3)4/h14,17,20-21,23-25,28-30,33H,7-13,15-16,18-19,22H2,1-6H3,(H,40,44)(H,41,47)/t23?,24-,25-,28?,29-,30?,33-/m0/s1. The number of benzene rings is 1. The average molecular weight is 699 g/mol. The Morgan fingerprint density at radius 2 is 1.68 bits per heavy atom. The molecule has 2 saturated carbocycles. The van der Waals surface area contributed by atoms with Gasteiger partial charge in [0.05, 0.1) is 18.8 Å². The highest BCUT2D eigenvalue weighted by Crippen LogP contribution is 2.42. The van der Waals surface area contributed by atoms with Crippen LogP contribution in [0.25, 0.3) is 10.9 Å². The third-order valence-corrected chi connectivity index (χ3v) is 11.0. The molecule has 50 heavy (non-hydrogen) atoms. The van der Waals surface area contributed by atoms with Gasteiger partial charge in [-0.25, -0.2) is 14.0 Å². The first-order valence-corrected chi connectivity index (χ1v) is 18.3. The Labute approximate surface area is 294 Å². The predicted octanol–water partition coefficient (Wildman–Crippen LogP) is 6.39. The van der Waals surface area contributed by atoms with E-state index in [1.165, 1.54) is 0 Å². The Bertz CT molecular complexity index is 1520. The lowest BCUT2D eigenvalue weighted by Gasteiger charge is -2.38. The van der Waals surface area contributed by atoms with Crippen LogP contribution in [0.2, 0.25) is 0 Å². The number of nitrogens with zero attached hydrogens (tertiary/aromatic N) is 2. The van der Waals surface area contributed by atoms with Crippen LogP contribution < -0.4 is 10.6 Å². The fourth-order valence-corrected chi connectivity index (χ4v) is 8.43. The molecule has 2 N–H and O–H groups in total. The lowest BCUT2D eigenvalue weighted by molar-refractivity contribution is -0.142. The van der Waals surface area contributed by atoms with Crippen LogP contribution in [0.15, 0.2) is 24.3 Å². The molecule has 1 aliphatic heterocycles. The lowest BCUT2D eigenvalue weighted by atomic mass is 9.75. The minimum Gasteiger partial charge on any atom is -0.461 e. The smallest absolute Gasteiger partial charge is 0.407 e. The van der Waals surface area contributed by atoms with E-state index in [4.69, 9.17) is 14.2 Å². The van der Waals surface area contributed by atoms with Crippen molar-refractivity contribution >= 4 is 40.5 Å². The summed E-state index contributed by atoms with van der Waals surface area (Å²) in [4.78, 5) is 55.1. The minimum atomic E-state index is -0.706. The van der Waals surface area contributed by atoms with Gasteiger partial charge in [0, 0.05) is 43.2 Å². The third-order valence-electron chi connectivity index (χ3n) is 11.0. The van der Waals surface area contributed by atoms with Crippen LogP contribution in [0.1, 0.15) is 96.0 Å². The predicted molar refractivity (Wildman–Crippen MR) is 188 cm³/mol.